The van der Waals surface area contributed by atoms with Crippen molar-refractivity contribution in [3.05, 3.63) is 53.1 Å². The molecule has 0 aromatic heterocycles. The van der Waals surface area contributed by atoms with E-state index in [9.17, 15) is 9.59 Å². The molecule has 0 aliphatic carbocycles. The number of aryl methyl sites for hydroxylation is 1. The second-order valence-corrected chi connectivity index (χ2v) is 6.43. The van der Waals surface area contributed by atoms with Crippen molar-refractivity contribution in [1.82, 2.24) is 4.90 Å². The zero-order valence-corrected chi connectivity index (χ0v) is 17.1. The Labute approximate surface area is 166 Å². The molecule has 2 aromatic carbocycles. The van der Waals surface area contributed by atoms with Gasteiger partial charge < -0.3 is 19.1 Å². The van der Waals surface area contributed by atoms with E-state index in [0.29, 0.717) is 18.8 Å². The number of rotatable bonds is 7. The van der Waals surface area contributed by atoms with E-state index in [-0.39, 0.29) is 18.5 Å². The van der Waals surface area contributed by atoms with Gasteiger partial charge in [0.2, 0.25) is 0 Å². The molecule has 6 heteroatoms. The van der Waals surface area contributed by atoms with Gasteiger partial charge in [0.15, 0.2) is 0 Å². The molecular formula is C22H27NO5. The molecule has 0 spiro atoms. The van der Waals surface area contributed by atoms with Crippen LogP contribution in [0.15, 0.2) is 36.4 Å². The lowest BCUT2D eigenvalue weighted by Gasteiger charge is -2.22. The normalized spacial score (nSPS) is 10.3. The smallest absolute Gasteiger partial charge is 0.409 e. The first kappa shape index (κ1) is 21.3. The van der Waals surface area contributed by atoms with Gasteiger partial charge in [-0.05, 0) is 42.7 Å². The third-order valence-corrected chi connectivity index (χ3v) is 4.57. The van der Waals surface area contributed by atoms with Crippen molar-refractivity contribution >= 4 is 12.1 Å². The molecule has 2 rings (SSSR count). The summed E-state index contributed by atoms with van der Waals surface area (Å²) in [4.78, 5) is 25.3. The first-order valence-corrected chi connectivity index (χ1v) is 9.10. The van der Waals surface area contributed by atoms with Gasteiger partial charge in [-0.15, -0.1) is 0 Å². The highest BCUT2D eigenvalue weighted by atomic mass is 16.5. The molecule has 0 radical (unpaired) electrons. The highest BCUT2D eigenvalue weighted by Gasteiger charge is 2.18. The summed E-state index contributed by atoms with van der Waals surface area (Å²) in [6.07, 6.45) is -0.195. The van der Waals surface area contributed by atoms with Crippen molar-refractivity contribution in [3.8, 4) is 16.9 Å². The highest BCUT2D eigenvalue weighted by Crippen LogP contribution is 2.34. The van der Waals surface area contributed by atoms with Crippen LogP contribution in [0.2, 0.25) is 0 Å². The number of nitrogens with zero attached hydrogens (tertiary/aromatic N) is 1. The minimum absolute atomic E-state index is 0.179. The zero-order chi connectivity index (χ0) is 20.7. The SMILES string of the molecule is CCN(Cc1cc(C)ccc1-c1cc(CC(=O)OC)ccc1OC)C(=O)OC. The van der Waals surface area contributed by atoms with Crippen molar-refractivity contribution in [3.63, 3.8) is 0 Å². The predicted molar refractivity (Wildman–Crippen MR) is 107 cm³/mol. The number of methoxy groups -OCH3 is 3. The van der Waals surface area contributed by atoms with Gasteiger partial charge in [-0.25, -0.2) is 4.79 Å². The van der Waals surface area contributed by atoms with Gasteiger partial charge in [0.25, 0.3) is 0 Å². The minimum atomic E-state index is -0.374. The average molecular weight is 385 g/mol. The van der Waals surface area contributed by atoms with Crippen LogP contribution in [0.4, 0.5) is 4.79 Å². The van der Waals surface area contributed by atoms with Crippen molar-refractivity contribution in [2.75, 3.05) is 27.9 Å². The van der Waals surface area contributed by atoms with E-state index in [0.717, 1.165) is 27.8 Å². The van der Waals surface area contributed by atoms with Gasteiger partial charge in [-0.2, -0.15) is 0 Å². The summed E-state index contributed by atoms with van der Waals surface area (Å²) >= 11 is 0. The Hall–Kier alpha value is -3.02. The molecule has 0 aliphatic rings. The molecule has 1 amide bonds. The lowest BCUT2D eigenvalue weighted by atomic mass is 9.94. The topological polar surface area (TPSA) is 65.1 Å². The van der Waals surface area contributed by atoms with Crippen molar-refractivity contribution in [2.24, 2.45) is 0 Å². The summed E-state index contributed by atoms with van der Waals surface area (Å²) in [6.45, 7) is 4.85. The van der Waals surface area contributed by atoms with Crippen molar-refractivity contribution in [2.45, 2.75) is 26.8 Å². The van der Waals surface area contributed by atoms with Gasteiger partial charge >= 0.3 is 12.1 Å². The molecule has 0 N–H and O–H groups in total. The number of benzene rings is 2. The molecule has 0 fully saturated rings. The summed E-state index contributed by atoms with van der Waals surface area (Å²) in [5.74, 6) is 0.392. The molecule has 0 atom stereocenters. The Bertz CT molecular complexity index is 847. The van der Waals surface area contributed by atoms with Gasteiger partial charge in [-0.3, -0.25) is 4.79 Å². The van der Waals surface area contributed by atoms with Gasteiger partial charge in [0, 0.05) is 18.7 Å². The number of hydrogen-bond acceptors (Lipinski definition) is 5. The van der Waals surface area contributed by atoms with Gasteiger partial charge in [-0.1, -0.05) is 29.8 Å². The van der Waals surface area contributed by atoms with Crippen LogP contribution in [0.5, 0.6) is 5.75 Å². The largest absolute Gasteiger partial charge is 0.496 e. The number of hydrogen-bond donors (Lipinski definition) is 0. The van der Waals surface area contributed by atoms with Crippen molar-refractivity contribution in [1.29, 1.82) is 0 Å². The first-order valence-electron chi connectivity index (χ1n) is 9.10. The number of carbonyl (C=O) groups is 2. The third-order valence-electron chi connectivity index (χ3n) is 4.57. The second-order valence-electron chi connectivity index (χ2n) is 6.43. The summed E-state index contributed by atoms with van der Waals surface area (Å²) in [6, 6.07) is 11.7. The standard InChI is InChI=1S/C22H27NO5/c1-6-23(22(25)28-5)14-17-11-15(2)7-9-18(17)19-12-16(13-21(24)27-4)8-10-20(19)26-3/h7-12H,6,13-14H2,1-5H3. The van der Waals surface area contributed by atoms with E-state index in [1.54, 1.807) is 12.0 Å². The van der Waals surface area contributed by atoms with Crippen LogP contribution < -0.4 is 4.74 Å². The number of esters is 1. The number of ether oxygens (including phenoxy) is 3. The van der Waals surface area contributed by atoms with Crippen LogP contribution in [-0.4, -0.2) is 44.8 Å². The molecule has 150 valence electrons. The maximum atomic E-state index is 12.0. The lowest BCUT2D eigenvalue weighted by molar-refractivity contribution is -0.139. The van der Waals surface area contributed by atoms with E-state index in [2.05, 4.69) is 0 Å². The summed E-state index contributed by atoms with van der Waals surface area (Å²) < 4.78 is 15.2. The molecule has 0 bridgehead atoms. The van der Waals surface area contributed by atoms with Crippen LogP contribution in [-0.2, 0) is 27.2 Å². The summed E-state index contributed by atoms with van der Waals surface area (Å²) in [5.41, 5.74) is 4.69. The molecule has 0 unspecified atom stereocenters. The van der Waals surface area contributed by atoms with E-state index in [1.807, 2.05) is 50.2 Å². The van der Waals surface area contributed by atoms with Crippen molar-refractivity contribution < 1.29 is 23.8 Å². The fraction of sp³-hybridized carbons (Fsp3) is 0.364. The monoisotopic (exact) mass is 385 g/mol. The zero-order valence-electron chi connectivity index (χ0n) is 17.1. The molecule has 0 aliphatic heterocycles. The quantitative estimate of drug-likeness (QED) is 0.675. The van der Waals surface area contributed by atoms with Crippen LogP contribution in [0.1, 0.15) is 23.6 Å². The van der Waals surface area contributed by atoms with Crippen LogP contribution >= 0.6 is 0 Å². The molecular weight excluding hydrogens is 358 g/mol. The number of carbonyl (C=O) groups excluding carboxylic acids is 2. The second kappa shape index (κ2) is 9.78. The van der Waals surface area contributed by atoms with E-state index in [4.69, 9.17) is 14.2 Å². The Morgan fingerprint density at radius 2 is 1.71 bits per heavy atom. The molecule has 6 nitrogen and oxygen atoms in total. The van der Waals surface area contributed by atoms with Crippen LogP contribution in [0.3, 0.4) is 0 Å². The Balaban J connectivity index is 2.53. The molecule has 28 heavy (non-hydrogen) atoms. The molecule has 0 saturated carbocycles. The van der Waals surface area contributed by atoms with E-state index < -0.39 is 0 Å². The molecule has 2 aromatic rings. The van der Waals surface area contributed by atoms with Gasteiger partial charge in [0.1, 0.15) is 5.75 Å². The fourth-order valence-corrected chi connectivity index (χ4v) is 3.07. The Morgan fingerprint density at radius 3 is 2.32 bits per heavy atom. The van der Waals surface area contributed by atoms with Crippen LogP contribution in [0, 0.1) is 6.92 Å². The highest BCUT2D eigenvalue weighted by molar-refractivity contribution is 5.78. The maximum Gasteiger partial charge on any atom is 0.409 e. The van der Waals surface area contributed by atoms with E-state index >= 15 is 0 Å². The fourth-order valence-electron chi connectivity index (χ4n) is 3.07. The Kier molecular flexibility index (Phi) is 7.44. The van der Waals surface area contributed by atoms with E-state index in [1.165, 1.54) is 14.2 Å². The Morgan fingerprint density at radius 1 is 0.964 bits per heavy atom. The van der Waals surface area contributed by atoms with Gasteiger partial charge in [0.05, 0.1) is 27.8 Å². The predicted octanol–water partition coefficient (Wildman–Crippen LogP) is 3.97. The first-order chi connectivity index (χ1) is 13.4. The number of amides is 1. The maximum absolute atomic E-state index is 12.0. The third kappa shape index (κ3) is 5.03. The van der Waals surface area contributed by atoms with Crippen LogP contribution in [0.25, 0.3) is 11.1 Å². The summed E-state index contributed by atoms with van der Waals surface area (Å²) in [5, 5.41) is 0. The minimum Gasteiger partial charge on any atom is -0.496 e. The lowest BCUT2D eigenvalue weighted by Crippen LogP contribution is -2.30. The molecule has 0 heterocycles. The average Bonchev–Trinajstić information content (AvgIpc) is 2.71. The summed E-state index contributed by atoms with van der Waals surface area (Å²) in [7, 11) is 4.36. The molecule has 0 saturated heterocycles.